The third-order valence-corrected chi connectivity index (χ3v) is 3.62. The van der Waals surface area contributed by atoms with E-state index in [-0.39, 0.29) is 6.54 Å². The van der Waals surface area contributed by atoms with E-state index in [9.17, 15) is 8.78 Å². The molecule has 0 saturated heterocycles. The van der Waals surface area contributed by atoms with Crippen LogP contribution in [0, 0.1) is 11.8 Å². The molecule has 0 heterocycles. The molecule has 0 aromatic rings. The molecule has 0 aliphatic heterocycles. The fraction of sp³-hybridized carbons (Fsp3) is 1.00. The van der Waals surface area contributed by atoms with Crippen molar-refractivity contribution in [2.45, 2.75) is 58.1 Å². The highest BCUT2D eigenvalue weighted by Crippen LogP contribution is 2.29. The molecule has 2 nitrogen and oxygen atoms in total. The van der Waals surface area contributed by atoms with E-state index < -0.39 is 12.5 Å². The molecule has 1 aliphatic rings. The van der Waals surface area contributed by atoms with Gasteiger partial charge in [0.1, 0.15) is 6.10 Å². The van der Waals surface area contributed by atoms with Crippen molar-refractivity contribution in [1.82, 2.24) is 5.32 Å². The van der Waals surface area contributed by atoms with Gasteiger partial charge in [-0.25, -0.2) is 8.78 Å². The zero-order chi connectivity index (χ0) is 12.1. The molecule has 0 aromatic carbocycles. The van der Waals surface area contributed by atoms with Gasteiger partial charge in [-0.1, -0.05) is 13.8 Å². The molecule has 1 rings (SSSR count). The maximum atomic E-state index is 12.1. The summed E-state index contributed by atoms with van der Waals surface area (Å²) in [6, 6.07) is 0.309. The molecule has 96 valence electrons. The molecule has 1 aliphatic carbocycles. The summed E-state index contributed by atoms with van der Waals surface area (Å²) in [5.74, 6) is 1.49. The molecule has 1 atom stereocenters. The SMILES string of the molecule is CC(C)C1CCC(NCC(O)C(F)F)CC1. The van der Waals surface area contributed by atoms with Crippen LogP contribution < -0.4 is 5.32 Å². The Kier molecular flexibility index (Phi) is 5.62. The second kappa shape index (κ2) is 6.50. The summed E-state index contributed by atoms with van der Waals surface area (Å²) >= 11 is 0. The molecule has 2 N–H and O–H groups in total. The van der Waals surface area contributed by atoms with Crippen LogP contribution in [-0.4, -0.2) is 30.2 Å². The van der Waals surface area contributed by atoms with Crippen molar-refractivity contribution >= 4 is 0 Å². The average molecular weight is 235 g/mol. The van der Waals surface area contributed by atoms with E-state index in [1.54, 1.807) is 0 Å². The summed E-state index contributed by atoms with van der Waals surface area (Å²) < 4.78 is 24.1. The molecule has 4 heteroatoms. The zero-order valence-corrected chi connectivity index (χ0v) is 10.1. The minimum absolute atomic E-state index is 0.00861. The van der Waals surface area contributed by atoms with Gasteiger partial charge in [0.05, 0.1) is 0 Å². The van der Waals surface area contributed by atoms with Crippen LogP contribution in [0.1, 0.15) is 39.5 Å². The van der Waals surface area contributed by atoms with E-state index in [0.717, 1.165) is 18.8 Å². The summed E-state index contributed by atoms with van der Waals surface area (Å²) in [4.78, 5) is 0. The summed E-state index contributed by atoms with van der Waals surface area (Å²) in [5, 5.41) is 12.0. The Labute approximate surface area is 96.4 Å². The average Bonchev–Trinajstić information content (AvgIpc) is 2.26. The van der Waals surface area contributed by atoms with E-state index in [2.05, 4.69) is 19.2 Å². The number of aliphatic hydroxyl groups is 1. The van der Waals surface area contributed by atoms with E-state index in [1.165, 1.54) is 12.8 Å². The summed E-state index contributed by atoms with van der Waals surface area (Å²) in [7, 11) is 0. The lowest BCUT2D eigenvalue weighted by Crippen LogP contribution is -2.40. The molecule has 1 fully saturated rings. The third-order valence-electron chi connectivity index (χ3n) is 3.62. The van der Waals surface area contributed by atoms with Gasteiger partial charge in [0.25, 0.3) is 6.43 Å². The van der Waals surface area contributed by atoms with Crippen LogP contribution in [0.5, 0.6) is 0 Å². The van der Waals surface area contributed by atoms with E-state index in [4.69, 9.17) is 5.11 Å². The van der Waals surface area contributed by atoms with E-state index in [0.29, 0.717) is 12.0 Å². The molecule has 0 bridgehead atoms. The molecule has 0 aromatic heterocycles. The number of hydrogen-bond donors (Lipinski definition) is 2. The van der Waals surface area contributed by atoms with Gasteiger partial charge in [-0.05, 0) is 37.5 Å². The molecular formula is C12H23F2NO. The van der Waals surface area contributed by atoms with Crippen LogP contribution in [0.3, 0.4) is 0 Å². The van der Waals surface area contributed by atoms with Crippen molar-refractivity contribution in [2.24, 2.45) is 11.8 Å². The zero-order valence-electron chi connectivity index (χ0n) is 10.1. The van der Waals surface area contributed by atoms with Gasteiger partial charge in [0, 0.05) is 12.6 Å². The Balaban J connectivity index is 2.17. The third kappa shape index (κ3) is 4.34. The highest BCUT2D eigenvalue weighted by Gasteiger charge is 2.24. The van der Waals surface area contributed by atoms with Crippen molar-refractivity contribution in [1.29, 1.82) is 0 Å². The van der Waals surface area contributed by atoms with E-state index in [1.807, 2.05) is 0 Å². The molecule has 0 spiro atoms. The lowest BCUT2D eigenvalue weighted by Gasteiger charge is -2.31. The highest BCUT2D eigenvalue weighted by atomic mass is 19.3. The lowest BCUT2D eigenvalue weighted by atomic mass is 9.80. The lowest BCUT2D eigenvalue weighted by molar-refractivity contribution is -0.00554. The van der Waals surface area contributed by atoms with Crippen LogP contribution in [-0.2, 0) is 0 Å². The summed E-state index contributed by atoms with van der Waals surface area (Å²) in [5.41, 5.74) is 0. The number of nitrogens with one attached hydrogen (secondary N) is 1. The summed E-state index contributed by atoms with van der Waals surface area (Å²) in [6.07, 6.45) is 0.250. The number of alkyl halides is 2. The molecule has 0 radical (unpaired) electrons. The number of aliphatic hydroxyl groups excluding tert-OH is 1. The monoisotopic (exact) mass is 235 g/mol. The van der Waals surface area contributed by atoms with Crippen molar-refractivity contribution in [3.63, 3.8) is 0 Å². The fourth-order valence-corrected chi connectivity index (χ4v) is 2.37. The molecular weight excluding hydrogens is 212 g/mol. The molecule has 1 unspecified atom stereocenters. The predicted octanol–water partition coefficient (Wildman–Crippen LogP) is 2.42. The van der Waals surface area contributed by atoms with Gasteiger partial charge in [-0.3, -0.25) is 0 Å². The Bertz CT molecular complexity index is 191. The Morgan fingerprint density at radius 1 is 1.19 bits per heavy atom. The van der Waals surface area contributed by atoms with Crippen molar-refractivity contribution in [3.05, 3.63) is 0 Å². The predicted molar refractivity (Wildman–Crippen MR) is 60.6 cm³/mol. The number of hydrogen-bond acceptors (Lipinski definition) is 2. The van der Waals surface area contributed by atoms with Gasteiger partial charge in [-0.15, -0.1) is 0 Å². The van der Waals surface area contributed by atoms with Crippen LogP contribution in [0.2, 0.25) is 0 Å². The van der Waals surface area contributed by atoms with Crippen LogP contribution in [0.15, 0.2) is 0 Å². The normalized spacial score (nSPS) is 28.7. The Morgan fingerprint density at radius 2 is 1.75 bits per heavy atom. The van der Waals surface area contributed by atoms with Crippen molar-refractivity contribution in [2.75, 3.05) is 6.54 Å². The first-order valence-corrected chi connectivity index (χ1v) is 6.20. The summed E-state index contributed by atoms with van der Waals surface area (Å²) in [6.45, 7) is 4.48. The van der Waals surface area contributed by atoms with Crippen molar-refractivity contribution < 1.29 is 13.9 Å². The fourth-order valence-electron chi connectivity index (χ4n) is 2.37. The molecule has 0 amide bonds. The maximum Gasteiger partial charge on any atom is 0.265 e. The second-order valence-electron chi connectivity index (χ2n) is 5.17. The van der Waals surface area contributed by atoms with Crippen molar-refractivity contribution in [3.8, 4) is 0 Å². The Morgan fingerprint density at radius 3 is 2.19 bits per heavy atom. The standard InChI is InChI=1S/C12H23F2NO/c1-8(2)9-3-5-10(6-4-9)15-7-11(16)12(13)14/h8-12,15-16H,3-7H2,1-2H3. The number of halogens is 2. The number of rotatable bonds is 5. The van der Waals surface area contributed by atoms with Gasteiger partial charge in [0.15, 0.2) is 0 Å². The first kappa shape index (κ1) is 13.8. The van der Waals surface area contributed by atoms with Gasteiger partial charge in [-0.2, -0.15) is 0 Å². The smallest absolute Gasteiger partial charge is 0.265 e. The topological polar surface area (TPSA) is 32.3 Å². The largest absolute Gasteiger partial charge is 0.386 e. The minimum Gasteiger partial charge on any atom is -0.386 e. The first-order valence-electron chi connectivity index (χ1n) is 6.20. The van der Waals surface area contributed by atoms with Gasteiger partial charge >= 0.3 is 0 Å². The second-order valence-corrected chi connectivity index (χ2v) is 5.17. The first-order chi connectivity index (χ1) is 7.50. The quantitative estimate of drug-likeness (QED) is 0.767. The van der Waals surface area contributed by atoms with E-state index >= 15 is 0 Å². The molecule has 1 saturated carbocycles. The van der Waals surface area contributed by atoms with Gasteiger partial charge in [0.2, 0.25) is 0 Å². The highest BCUT2D eigenvalue weighted by molar-refractivity contribution is 4.79. The minimum atomic E-state index is -2.64. The van der Waals surface area contributed by atoms with Crippen LogP contribution in [0.25, 0.3) is 0 Å². The molecule has 16 heavy (non-hydrogen) atoms. The maximum absolute atomic E-state index is 12.1. The Hall–Kier alpha value is -0.220. The van der Waals surface area contributed by atoms with Crippen LogP contribution in [0.4, 0.5) is 8.78 Å². The van der Waals surface area contributed by atoms with Crippen LogP contribution >= 0.6 is 0 Å². The van der Waals surface area contributed by atoms with Gasteiger partial charge < -0.3 is 10.4 Å².